The molecule has 0 amide bonds. The molecule has 0 bridgehead atoms. The van der Waals surface area contributed by atoms with Crippen LogP contribution in [0, 0.1) is 0 Å². The molecule has 0 aromatic heterocycles. The second-order valence-electron chi connectivity index (χ2n) is 5.11. The van der Waals surface area contributed by atoms with Gasteiger partial charge in [0.2, 0.25) is 0 Å². The SMILES string of the molecule is CC1=C(N)OC2=C(C(=O)CCC2)C1c1ccccc1. The molecule has 0 fully saturated rings. The maximum Gasteiger partial charge on any atom is 0.190 e. The molecule has 3 heteroatoms. The molecule has 0 saturated carbocycles. The van der Waals surface area contributed by atoms with Gasteiger partial charge in [0.1, 0.15) is 5.76 Å². The van der Waals surface area contributed by atoms with Gasteiger partial charge >= 0.3 is 0 Å². The third-order valence-electron chi connectivity index (χ3n) is 3.88. The molecular formula is C16H17NO2. The van der Waals surface area contributed by atoms with Gasteiger partial charge in [-0.1, -0.05) is 30.3 Å². The fraction of sp³-hybridized carbons (Fsp3) is 0.312. The molecule has 1 aliphatic carbocycles. The number of benzene rings is 1. The average molecular weight is 255 g/mol. The van der Waals surface area contributed by atoms with Gasteiger partial charge in [0.05, 0.1) is 0 Å². The van der Waals surface area contributed by atoms with Crippen LogP contribution in [0.1, 0.15) is 37.7 Å². The summed E-state index contributed by atoms with van der Waals surface area (Å²) in [5.41, 5.74) is 8.82. The number of carbonyl (C=O) groups excluding carboxylic acids is 1. The summed E-state index contributed by atoms with van der Waals surface area (Å²) in [6.07, 6.45) is 2.27. The molecule has 2 N–H and O–H groups in total. The van der Waals surface area contributed by atoms with Crippen LogP contribution in [-0.2, 0) is 9.53 Å². The van der Waals surface area contributed by atoms with Crippen molar-refractivity contribution in [3.05, 3.63) is 58.7 Å². The summed E-state index contributed by atoms with van der Waals surface area (Å²) in [4.78, 5) is 12.3. The van der Waals surface area contributed by atoms with Gasteiger partial charge in [-0.05, 0) is 24.5 Å². The van der Waals surface area contributed by atoms with Crippen LogP contribution in [0.3, 0.4) is 0 Å². The Labute approximate surface area is 112 Å². The third-order valence-corrected chi connectivity index (χ3v) is 3.88. The number of nitrogens with two attached hydrogens (primary N) is 1. The molecule has 3 nitrogen and oxygen atoms in total. The fourth-order valence-electron chi connectivity index (χ4n) is 2.90. The fourth-order valence-corrected chi connectivity index (χ4v) is 2.90. The Morgan fingerprint density at radius 3 is 2.68 bits per heavy atom. The Morgan fingerprint density at radius 2 is 1.95 bits per heavy atom. The summed E-state index contributed by atoms with van der Waals surface area (Å²) in [6, 6.07) is 10.0. The number of carbonyl (C=O) groups is 1. The zero-order valence-corrected chi connectivity index (χ0v) is 11.0. The van der Waals surface area contributed by atoms with Gasteiger partial charge in [0.25, 0.3) is 0 Å². The number of ether oxygens (including phenoxy) is 1. The van der Waals surface area contributed by atoms with E-state index in [9.17, 15) is 4.79 Å². The van der Waals surface area contributed by atoms with E-state index in [1.165, 1.54) is 0 Å². The monoisotopic (exact) mass is 255 g/mol. The zero-order valence-electron chi connectivity index (χ0n) is 11.0. The summed E-state index contributed by atoms with van der Waals surface area (Å²) in [5, 5.41) is 0. The maximum absolute atomic E-state index is 12.3. The number of ketones is 1. The summed E-state index contributed by atoms with van der Waals surface area (Å²) >= 11 is 0. The molecule has 1 atom stereocenters. The minimum Gasteiger partial charge on any atom is -0.446 e. The lowest BCUT2D eigenvalue weighted by Crippen LogP contribution is -2.26. The molecular weight excluding hydrogens is 238 g/mol. The minimum absolute atomic E-state index is 0.0438. The molecule has 1 unspecified atom stereocenters. The van der Waals surface area contributed by atoms with E-state index in [0.717, 1.165) is 35.3 Å². The number of Topliss-reactive ketones (excluding diaryl/α,β-unsaturated/α-hetero) is 1. The predicted molar refractivity (Wildman–Crippen MR) is 73.0 cm³/mol. The van der Waals surface area contributed by atoms with Crippen molar-refractivity contribution in [2.24, 2.45) is 5.73 Å². The van der Waals surface area contributed by atoms with E-state index in [4.69, 9.17) is 10.5 Å². The molecule has 1 heterocycles. The quantitative estimate of drug-likeness (QED) is 0.839. The van der Waals surface area contributed by atoms with Crippen LogP contribution in [0.4, 0.5) is 0 Å². The summed E-state index contributed by atoms with van der Waals surface area (Å²) in [6.45, 7) is 1.94. The Morgan fingerprint density at radius 1 is 1.21 bits per heavy atom. The van der Waals surface area contributed by atoms with E-state index in [1.807, 2.05) is 37.3 Å². The highest BCUT2D eigenvalue weighted by atomic mass is 16.5. The molecule has 1 aromatic rings. The first-order valence-corrected chi connectivity index (χ1v) is 6.63. The summed E-state index contributed by atoms with van der Waals surface area (Å²) < 4.78 is 5.64. The summed E-state index contributed by atoms with van der Waals surface area (Å²) in [5.74, 6) is 1.37. The van der Waals surface area contributed by atoms with Crippen molar-refractivity contribution in [2.75, 3.05) is 0 Å². The summed E-state index contributed by atoms with van der Waals surface area (Å²) in [7, 11) is 0. The largest absolute Gasteiger partial charge is 0.446 e. The first kappa shape index (κ1) is 12.0. The van der Waals surface area contributed by atoms with E-state index in [-0.39, 0.29) is 11.7 Å². The van der Waals surface area contributed by atoms with Crippen molar-refractivity contribution in [3.8, 4) is 0 Å². The smallest absolute Gasteiger partial charge is 0.190 e. The van der Waals surface area contributed by atoms with E-state index in [0.29, 0.717) is 12.3 Å². The standard InChI is InChI=1S/C16H17NO2/c1-10-14(11-6-3-2-4-7-11)15-12(18)8-5-9-13(15)19-16(10)17/h2-4,6-7,14H,5,8-9,17H2,1H3. The van der Waals surface area contributed by atoms with Crippen molar-refractivity contribution < 1.29 is 9.53 Å². The highest BCUT2D eigenvalue weighted by Crippen LogP contribution is 2.42. The molecule has 98 valence electrons. The molecule has 2 aliphatic rings. The molecule has 1 aliphatic heterocycles. The van der Waals surface area contributed by atoms with Crippen molar-refractivity contribution in [1.29, 1.82) is 0 Å². The first-order valence-electron chi connectivity index (χ1n) is 6.63. The number of allylic oxidation sites excluding steroid dienone is 3. The second kappa shape index (κ2) is 4.57. The lowest BCUT2D eigenvalue weighted by molar-refractivity contribution is -0.116. The van der Waals surface area contributed by atoms with Crippen molar-refractivity contribution in [2.45, 2.75) is 32.1 Å². The minimum atomic E-state index is -0.0438. The maximum atomic E-state index is 12.3. The number of rotatable bonds is 1. The second-order valence-corrected chi connectivity index (χ2v) is 5.11. The van der Waals surface area contributed by atoms with Gasteiger partial charge in [-0.2, -0.15) is 0 Å². The van der Waals surface area contributed by atoms with E-state index < -0.39 is 0 Å². The van der Waals surface area contributed by atoms with Crippen LogP contribution in [0.5, 0.6) is 0 Å². The van der Waals surface area contributed by atoms with Crippen LogP contribution in [0.25, 0.3) is 0 Å². The van der Waals surface area contributed by atoms with Crippen LogP contribution >= 0.6 is 0 Å². The molecule has 19 heavy (non-hydrogen) atoms. The van der Waals surface area contributed by atoms with Crippen LogP contribution in [-0.4, -0.2) is 5.78 Å². The van der Waals surface area contributed by atoms with Crippen LogP contribution in [0.2, 0.25) is 0 Å². The molecule has 0 radical (unpaired) electrons. The third kappa shape index (κ3) is 1.95. The topological polar surface area (TPSA) is 52.3 Å². The molecule has 3 rings (SSSR count). The van der Waals surface area contributed by atoms with Crippen molar-refractivity contribution in [1.82, 2.24) is 0 Å². The Kier molecular flexibility index (Phi) is 2.90. The van der Waals surface area contributed by atoms with Gasteiger partial charge in [-0.3, -0.25) is 4.79 Å². The Balaban J connectivity index is 2.14. The highest BCUT2D eigenvalue weighted by Gasteiger charge is 2.35. The lowest BCUT2D eigenvalue weighted by atomic mass is 9.78. The van der Waals surface area contributed by atoms with Crippen LogP contribution < -0.4 is 5.73 Å². The molecule has 1 aromatic carbocycles. The Hall–Kier alpha value is -2.03. The number of hydrogen-bond acceptors (Lipinski definition) is 3. The highest BCUT2D eigenvalue weighted by molar-refractivity contribution is 5.99. The first-order chi connectivity index (χ1) is 9.18. The van der Waals surface area contributed by atoms with Crippen molar-refractivity contribution >= 4 is 5.78 Å². The lowest BCUT2D eigenvalue weighted by Gasteiger charge is -2.32. The van der Waals surface area contributed by atoms with Gasteiger partial charge in [0.15, 0.2) is 11.7 Å². The van der Waals surface area contributed by atoms with Gasteiger partial charge in [-0.25, -0.2) is 0 Å². The van der Waals surface area contributed by atoms with E-state index in [2.05, 4.69) is 0 Å². The predicted octanol–water partition coefficient (Wildman–Crippen LogP) is 3.00. The van der Waals surface area contributed by atoms with E-state index >= 15 is 0 Å². The van der Waals surface area contributed by atoms with E-state index in [1.54, 1.807) is 0 Å². The van der Waals surface area contributed by atoms with Gasteiger partial charge in [0, 0.05) is 24.3 Å². The van der Waals surface area contributed by atoms with Gasteiger partial charge < -0.3 is 10.5 Å². The van der Waals surface area contributed by atoms with Crippen LogP contribution in [0.15, 0.2) is 53.1 Å². The zero-order chi connectivity index (χ0) is 13.4. The molecule has 0 saturated heterocycles. The van der Waals surface area contributed by atoms with Crippen molar-refractivity contribution in [3.63, 3.8) is 0 Å². The molecule has 0 spiro atoms. The average Bonchev–Trinajstić information content (AvgIpc) is 2.42. The number of hydrogen-bond donors (Lipinski definition) is 1. The Bertz CT molecular complexity index is 584. The van der Waals surface area contributed by atoms with Gasteiger partial charge in [-0.15, -0.1) is 0 Å². The normalized spacial score (nSPS) is 23.2.